The Morgan fingerprint density at radius 2 is 2.27 bits per heavy atom. The Morgan fingerprint density at radius 3 is 3.00 bits per heavy atom. The molecule has 15 heavy (non-hydrogen) atoms. The first-order valence-electron chi connectivity index (χ1n) is 5.60. The van der Waals surface area contributed by atoms with Gasteiger partial charge in [0.25, 0.3) is 0 Å². The predicted octanol–water partition coefficient (Wildman–Crippen LogP) is 1.40. The Morgan fingerprint density at radius 1 is 1.40 bits per heavy atom. The number of aryl methyl sites for hydroxylation is 1. The normalized spacial score (nSPS) is 11.3. The molecule has 0 spiro atoms. The van der Waals surface area contributed by atoms with Gasteiger partial charge in [0.05, 0.1) is 0 Å². The number of hydrogen-bond acceptors (Lipinski definition) is 3. The molecule has 0 radical (unpaired) electrons. The third-order valence-electron chi connectivity index (χ3n) is 2.20. The average molecular weight is 208 g/mol. The molecular weight excluding hydrogens is 188 g/mol. The molecule has 1 N–H and O–H groups in total. The van der Waals surface area contributed by atoms with Crippen molar-refractivity contribution in [3.8, 4) is 0 Å². The molecule has 1 rings (SSSR count). The van der Waals surface area contributed by atoms with Gasteiger partial charge in [-0.3, -0.25) is 4.68 Å². The van der Waals surface area contributed by atoms with E-state index in [1.165, 1.54) is 0 Å². The molecule has 0 unspecified atom stereocenters. The standard InChI is InChI=1S/C11H20N4/c1-3-12-9-7-5-6-8-11-13-10-14-15(11)4-2/h5-6,10,12H,3-4,7-9H2,1-2H3. The van der Waals surface area contributed by atoms with Gasteiger partial charge in [-0.25, -0.2) is 4.98 Å². The summed E-state index contributed by atoms with van der Waals surface area (Å²) in [5.41, 5.74) is 0. The van der Waals surface area contributed by atoms with E-state index in [2.05, 4.69) is 41.4 Å². The molecule has 0 atom stereocenters. The fourth-order valence-corrected chi connectivity index (χ4v) is 1.38. The van der Waals surface area contributed by atoms with Gasteiger partial charge in [0, 0.05) is 13.0 Å². The van der Waals surface area contributed by atoms with E-state index in [0.29, 0.717) is 0 Å². The van der Waals surface area contributed by atoms with Crippen LogP contribution in [0.25, 0.3) is 0 Å². The van der Waals surface area contributed by atoms with Crippen molar-refractivity contribution in [2.24, 2.45) is 0 Å². The number of allylic oxidation sites excluding steroid dienone is 1. The maximum atomic E-state index is 4.21. The number of aromatic nitrogens is 3. The molecular formula is C11H20N4. The van der Waals surface area contributed by atoms with Crippen LogP contribution in [0.5, 0.6) is 0 Å². The van der Waals surface area contributed by atoms with E-state index in [9.17, 15) is 0 Å². The molecule has 0 aliphatic carbocycles. The Kier molecular flexibility index (Phi) is 5.70. The zero-order valence-electron chi connectivity index (χ0n) is 9.61. The van der Waals surface area contributed by atoms with Crippen molar-refractivity contribution < 1.29 is 0 Å². The molecule has 0 aliphatic heterocycles. The van der Waals surface area contributed by atoms with E-state index in [1.807, 2.05) is 4.68 Å². The fourth-order valence-electron chi connectivity index (χ4n) is 1.38. The predicted molar refractivity (Wildman–Crippen MR) is 61.7 cm³/mol. The number of nitrogens with one attached hydrogen (secondary N) is 1. The fraction of sp³-hybridized carbons (Fsp3) is 0.636. The van der Waals surface area contributed by atoms with Crippen molar-refractivity contribution >= 4 is 0 Å². The molecule has 1 aromatic heterocycles. The number of nitrogens with zero attached hydrogens (tertiary/aromatic N) is 3. The van der Waals surface area contributed by atoms with Crippen LogP contribution in [0.1, 0.15) is 26.1 Å². The molecule has 0 saturated carbocycles. The number of rotatable bonds is 7. The highest BCUT2D eigenvalue weighted by atomic mass is 15.3. The Hall–Kier alpha value is -1.16. The van der Waals surface area contributed by atoms with Crippen molar-refractivity contribution in [3.63, 3.8) is 0 Å². The van der Waals surface area contributed by atoms with Gasteiger partial charge in [-0.1, -0.05) is 19.1 Å². The Labute approximate surface area is 91.4 Å². The van der Waals surface area contributed by atoms with Crippen molar-refractivity contribution in [1.82, 2.24) is 20.1 Å². The minimum Gasteiger partial charge on any atom is -0.317 e. The molecule has 0 aliphatic rings. The van der Waals surface area contributed by atoms with Gasteiger partial charge < -0.3 is 5.32 Å². The smallest absolute Gasteiger partial charge is 0.138 e. The molecule has 1 heterocycles. The summed E-state index contributed by atoms with van der Waals surface area (Å²) in [6.07, 6.45) is 7.92. The van der Waals surface area contributed by atoms with Gasteiger partial charge in [0.2, 0.25) is 0 Å². The molecule has 0 fully saturated rings. The van der Waals surface area contributed by atoms with Gasteiger partial charge >= 0.3 is 0 Å². The van der Waals surface area contributed by atoms with Crippen LogP contribution in [0.3, 0.4) is 0 Å². The van der Waals surface area contributed by atoms with Crippen molar-refractivity contribution in [2.45, 2.75) is 33.2 Å². The summed E-state index contributed by atoms with van der Waals surface area (Å²) in [5, 5.41) is 7.40. The molecule has 84 valence electrons. The van der Waals surface area contributed by atoms with Gasteiger partial charge in [-0.2, -0.15) is 5.10 Å². The maximum Gasteiger partial charge on any atom is 0.138 e. The highest BCUT2D eigenvalue weighted by molar-refractivity contribution is 4.95. The first-order chi connectivity index (χ1) is 7.38. The molecule has 0 saturated heterocycles. The molecule has 0 bridgehead atoms. The summed E-state index contributed by atoms with van der Waals surface area (Å²) in [6, 6.07) is 0. The lowest BCUT2D eigenvalue weighted by molar-refractivity contribution is 0.626. The number of hydrogen-bond donors (Lipinski definition) is 1. The summed E-state index contributed by atoms with van der Waals surface area (Å²) in [6.45, 7) is 7.17. The SMILES string of the molecule is CCNCCC=CCc1ncnn1CC. The topological polar surface area (TPSA) is 42.7 Å². The van der Waals surface area contributed by atoms with Crippen LogP contribution in [0.15, 0.2) is 18.5 Å². The van der Waals surface area contributed by atoms with E-state index in [-0.39, 0.29) is 0 Å². The van der Waals surface area contributed by atoms with Crippen LogP contribution in [-0.2, 0) is 13.0 Å². The summed E-state index contributed by atoms with van der Waals surface area (Å²) < 4.78 is 1.93. The second-order valence-electron chi connectivity index (χ2n) is 3.31. The minimum atomic E-state index is 0.875. The van der Waals surface area contributed by atoms with Crippen LogP contribution in [-0.4, -0.2) is 27.9 Å². The lowest BCUT2D eigenvalue weighted by atomic mass is 10.3. The molecule has 0 amide bonds. The molecule has 4 nitrogen and oxygen atoms in total. The lowest BCUT2D eigenvalue weighted by Crippen LogP contribution is -2.12. The van der Waals surface area contributed by atoms with Gasteiger partial charge in [0.15, 0.2) is 0 Å². The van der Waals surface area contributed by atoms with Gasteiger partial charge in [-0.15, -0.1) is 0 Å². The Balaban J connectivity index is 2.24. The highest BCUT2D eigenvalue weighted by Gasteiger charge is 1.98. The van der Waals surface area contributed by atoms with Crippen molar-refractivity contribution in [2.75, 3.05) is 13.1 Å². The minimum absolute atomic E-state index is 0.875. The second-order valence-corrected chi connectivity index (χ2v) is 3.31. The van der Waals surface area contributed by atoms with E-state index < -0.39 is 0 Å². The largest absolute Gasteiger partial charge is 0.317 e. The summed E-state index contributed by atoms with van der Waals surface area (Å²) in [7, 11) is 0. The maximum absolute atomic E-state index is 4.21. The third-order valence-corrected chi connectivity index (χ3v) is 2.20. The van der Waals surface area contributed by atoms with Crippen LogP contribution >= 0.6 is 0 Å². The van der Waals surface area contributed by atoms with Gasteiger partial charge in [0.1, 0.15) is 12.2 Å². The summed E-state index contributed by atoms with van der Waals surface area (Å²) in [5.74, 6) is 1.04. The van der Waals surface area contributed by atoms with Crippen LogP contribution in [0.2, 0.25) is 0 Å². The van der Waals surface area contributed by atoms with Crippen LogP contribution < -0.4 is 5.32 Å². The van der Waals surface area contributed by atoms with Crippen molar-refractivity contribution in [1.29, 1.82) is 0 Å². The van der Waals surface area contributed by atoms with Crippen LogP contribution in [0, 0.1) is 0 Å². The quantitative estimate of drug-likeness (QED) is 0.544. The second kappa shape index (κ2) is 7.17. The first-order valence-corrected chi connectivity index (χ1v) is 5.60. The molecule has 0 aromatic carbocycles. The van der Waals surface area contributed by atoms with E-state index in [0.717, 1.165) is 38.3 Å². The zero-order chi connectivity index (χ0) is 10.9. The lowest BCUT2D eigenvalue weighted by Gasteiger charge is -1.99. The van der Waals surface area contributed by atoms with Crippen molar-refractivity contribution in [3.05, 3.63) is 24.3 Å². The Bertz CT molecular complexity index is 291. The summed E-state index contributed by atoms with van der Waals surface area (Å²) in [4.78, 5) is 4.21. The van der Waals surface area contributed by atoms with E-state index in [4.69, 9.17) is 0 Å². The van der Waals surface area contributed by atoms with E-state index in [1.54, 1.807) is 6.33 Å². The zero-order valence-corrected chi connectivity index (χ0v) is 9.61. The van der Waals surface area contributed by atoms with E-state index >= 15 is 0 Å². The summed E-state index contributed by atoms with van der Waals surface area (Å²) >= 11 is 0. The van der Waals surface area contributed by atoms with Gasteiger partial charge in [-0.05, 0) is 26.4 Å². The monoisotopic (exact) mass is 208 g/mol. The third kappa shape index (κ3) is 4.25. The average Bonchev–Trinajstić information content (AvgIpc) is 2.70. The van der Waals surface area contributed by atoms with Crippen LogP contribution in [0.4, 0.5) is 0 Å². The molecule has 1 aromatic rings. The highest BCUT2D eigenvalue weighted by Crippen LogP contribution is 1.96. The first kappa shape index (κ1) is 11.9. The molecule has 4 heteroatoms.